The molecule has 0 radical (unpaired) electrons. The van der Waals surface area contributed by atoms with E-state index in [0.29, 0.717) is 61.3 Å². The summed E-state index contributed by atoms with van der Waals surface area (Å²) in [5, 5.41) is 12.2. The van der Waals surface area contributed by atoms with Gasteiger partial charge in [0, 0.05) is 31.2 Å². The average Bonchev–Trinajstić information content (AvgIpc) is 3.76. The highest BCUT2D eigenvalue weighted by molar-refractivity contribution is 7.94. The second kappa shape index (κ2) is 10.5. The zero-order valence-corrected chi connectivity index (χ0v) is 21.9. The van der Waals surface area contributed by atoms with Crippen LogP contribution in [0.1, 0.15) is 38.3 Å². The van der Waals surface area contributed by atoms with Crippen LogP contribution in [0.5, 0.6) is 5.88 Å². The summed E-state index contributed by atoms with van der Waals surface area (Å²) in [5.74, 6) is 0.182. The van der Waals surface area contributed by atoms with Crippen LogP contribution < -0.4 is 14.8 Å². The van der Waals surface area contributed by atoms with Gasteiger partial charge in [-0.25, -0.2) is 33.1 Å². The first-order chi connectivity index (χ1) is 18.8. The van der Waals surface area contributed by atoms with Crippen LogP contribution in [0.4, 0.5) is 11.8 Å². The first-order valence-electron chi connectivity index (χ1n) is 12.4. The fraction of sp³-hybridized carbons (Fsp3) is 0.400. The standard InChI is InChI=1S/C25H26N8O5S/c1-2-38-21-15-27-14-18(30-21)17-3-4-20(29-13-17)32-22(34)25(8-11-37-12-9-25)19-5-10-28-23(31-19)33-39(35,36)24(16-26)6-7-24/h3-5,10,13-15H,2,6-9,11-12H2,1H3,(H,28,31,33)(H,29,32,34). The fourth-order valence-electron chi connectivity index (χ4n) is 4.33. The van der Waals surface area contributed by atoms with Gasteiger partial charge in [-0.3, -0.25) is 9.78 Å². The molecule has 0 spiro atoms. The van der Waals surface area contributed by atoms with Gasteiger partial charge in [-0.1, -0.05) is 0 Å². The van der Waals surface area contributed by atoms with Gasteiger partial charge in [-0.2, -0.15) is 5.26 Å². The van der Waals surface area contributed by atoms with Crippen LogP contribution in [0.25, 0.3) is 11.3 Å². The lowest BCUT2D eigenvalue weighted by atomic mass is 9.76. The molecular formula is C25H26N8O5S. The van der Waals surface area contributed by atoms with E-state index in [1.807, 2.05) is 13.0 Å². The average molecular weight is 551 g/mol. The Morgan fingerprint density at radius 3 is 2.56 bits per heavy atom. The van der Waals surface area contributed by atoms with Crippen LogP contribution in [-0.2, 0) is 25.0 Å². The molecule has 202 valence electrons. The number of nitrogens with one attached hydrogen (secondary N) is 2. The molecule has 2 aliphatic rings. The van der Waals surface area contributed by atoms with Crippen molar-refractivity contribution in [1.29, 1.82) is 5.26 Å². The van der Waals surface area contributed by atoms with E-state index in [4.69, 9.17) is 9.47 Å². The Hall–Kier alpha value is -4.22. The summed E-state index contributed by atoms with van der Waals surface area (Å²) in [6.45, 7) is 2.96. The van der Waals surface area contributed by atoms with Gasteiger partial charge in [0.2, 0.25) is 17.7 Å². The molecule has 5 rings (SSSR count). The highest BCUT2D eigenvalue weighted by atomic mass is 32.2. The second-order valence-electron chi connectivity index (χ2n) is 9.23. The number of rotatable bonds is 9. The third-order valence-electron chi connectivity index (χ3n) is 6.78. The number of nitriles is 1. The summed E-state index contributed by atoms with van der Waals surface area (Å²) in [6.07, 6.45) is 7.23. The largest absolute Gasteiger partial charge is 0.477 e. The van der Waals surface area contributed by atoms with E-state index >= 15 is 0 Å². The topological polar surface area (TPSA) is 182 Å². The maximum atomic E-state index is 13.7. The molecule has 2 fully saturated rings. The highest BCUT2D eigenvalue weighted by Gasteiger charge is 2.56. The lowest BCUT2D eigenvalue weighted by Gasteiger charge is -2.35. The maximum absolute atomic E-state index is 13.7. The molecule has 3 aromatic rings. The van der Waals surface area contributed by atoms with Crippen molar-refractivity contribution in [2.24, 2.45) is 0 Å². The SMILES string of the molecule is CCOc1cncc(-c2ccc(NC(=O)C3(c4ccnc(NS(=O)(=O)C5(C#N)CC5)n4)CCOCC3)nc2)n1. The summed E-state index contributed by atoms with van der Waals surface area (Å²) in [4.78, 5) is 35.0. The first-order valence-corrected chi connectivity index (χ1v) is 13.9. The van der Waals surface area contributed by atoms with Crippen molar-refractivity contribution in [3.63, 3.8) is 0 Å². The molecule has 3 aromatic heterocycles. The third-order valence-corrected chi connectivity index (χ3v) is 8.76. The smallest absolute Gasteiger partial charge is 0.254 e. The number of hydrogen-bond donors (Lipinski definition) is 2. The molecule has 1 aliphatic carbocycles. The van der Waals surface area contributed by atoms with Crippen LogP contribution in [-0.4, -0.2) is 63.8 Å². The lowest BCUT2D eigenvalue weighted by Crippen LogP contribution is -2.45. The number of carbonyl (C=O) groups is 1. The number of carbonyl (C=O) groups excluding carboxylic acids is 1. The van der Waals surface area contributed by atoms with E-state index in [0.717, 1.165) is 0 Å². The Morgan fingerprint density at radius 1 is 1.10 bits per heavy atom. The van der Waals surface area contributed by atoms with Gasteiger partial charge in [0.1, 0.15) is 5.82 Å². The minimum atomic E-state index is -4.01. The van der Waals surface area contributed by atoms with Gasteiger partial charge in [0.05, 0.1) is 41.9 Å². The van der Waals surface area contributed by atoms with Gasteiger partial charge in [0.25, 0.3) is 10.0 Å². The third kappa shape index (κ3) is 5.23. The van der Waals surface area contributed by atoms with E-state index in [-0.39, 0.29) is 24.7 Å². The fourth-order valence-corrected chi connectivity index (χ4v) is 5.62. The summed E-state index contributed by atoms with van der Waals surface area (Å²) in [6, 6.07) is 6.87. The Bertz CT molecular complexity index is 1510. The molecule has 1 aliphatic heterocycles. The Balaban J connectivity index is 1.37. The van der Waals surface area contributed by atoms with Crippen molar-refractivity contribution >= 4 is 27.7 Å². The summed E-state index contributed by atoms with van der Waals surface area (Å²) >= 11 is 0. The van der Waals surface area contributed by atoms with Crippen molar-refractivity contribution < 1.29 is 22.7 Å². The minimum Gasteiger partial charge on any atom is -0.477 e. The summed E-state index contributed by atoms with van der Waals surface area (Å²) < 4.78 is 37.2. The molecule has 1 saturated carbocycles. The molecule has 0 atom stereocenters. The van der Waals surface area contributed by atoms with E-state index < -0.39 is 20.2 Å². The number of ether oxygens (including phenoxy) is 2. The predicted octanol–water partition coefficient (Wildman–Crippen LogP) is 2.21. The van der Waals surface area contributed by atoms with Gasteiger partial charge >= 0.3 is 0 Å². The van der Waals surface area contributed by atoms with Crippen LogP contribution in [0.3, 0.4) is 0 Å². The molecule has 13 nitrogen and oxygen atoms in total. The zero-order chi connectivity index (χ0) is 27.5. The number of nitrogens with zero attached hydrogens (tertiary/aromatic N) is 6. The number of pyridine rings is 1. The summed E-state index contributed by atoms with van der Waals surface area (Å²) in [5.41, 5.74) is 0.511. The van der Waals surface area contributed by atoms with Crippen LogP contribution >= 0.6 is 0 Å². The van der Waals surface area contributed by atoms with Gasteiger partial charge in [-0.05, 0) is 50.8 Å². The number of aromatic nitrogens is 5. The van der Waals surface area contributed by atoms with Crippen molar-refractivity contribution in [3.05, 3.63) is 48.7 Å². The number of hydrogen-bond acceptors (Lipinski definition) is 11. The van der Waals surface area contributed by atoms with Gasteiger partial charge in [0.15, 0.2) is 4.75 Å². The van der Waals surface area contributed by atoms with E-state index in [1.165, 1.54) is 12.4 Å². The molecule has 1 saturated heterocycles. The van der Waals surface area contributed by atoms with E-state index in [1.54, 1.807) is 30.6 Å². The van der Waals surface area contributed by atoms with Crippen LogP contribution in [0.15, 0.2) is 43.0 Å². The predicted molar refractivity (Wildman–Crippen MR) is 139 cm³/mol. The molecule has 39 heavy (non-hydrogen) atoms. The molecule has 2 N–H and O–H groups in total. The molecule has 0 unspecified atom stereocenters. The van der Waals surface area contributed by atoms with Crippen molar-refractivity contribution in [2.75, 3.05) is 29.9 Å². The van der Waals surface area contributed by atoms with Gasteiger partial charge in [-0.15, -0.1) is 0 Å². The second-order valence-corrected chi connectivity index (χ2v) is 11.2. The first kappa shape index (κ1) is 26.4. The number of anilines is 2. The molecule has 0 bridgehead atoms. The Kier molecular flexibility index (Phi) is 7.11. The minimum absolute atomic E-state index is 0.189. The van der Waals surface area contributed by atoms with E-state index in [2.05, 4.69) is 35.0 Å². The maximum Gasteiger partial charge on any atom is 0.254 e. The molecule has 14 heteroatoms. The zero-order valence-electron chi connectivity index (χ0n) is 21.1. The molecular weight excluding hydrogens is 524 g/mol. The van der Waals surface area contributed by atoms with Crippen molar-refractivity contribution in [2.45, 2.75) is 42.8 Å². The normalized spacial score (nSPS) is 17.4. The number of amides is 1. The highest BCUT2D eigenvalue weighted by Crippen LogP contribution is 2.43. The van der Waals surface area contributed by atoms with Crippen LogP contribution in [0, 0.1) is 11.3 Å². The van der Waals surface area contributed by atoms with Crippen LogP contribution in [0.2, 0.25) is 0 Å². The Morgan fingerprint density at radius 2 is 1.90 bits per heavy atom. The monoisotopic (exact) mass is 550 g/mol. The molecule has 0 aromatic carbocycles. The molecule has 1 amide bonds. The van der Waals surface area contributed by atoms with E-state index in [9.17, 15) is 18.5 Å². The number of sulfonamides is 1. The van der Waals surface area contributed by atoms with Crippen molar-refractivity contribution in [3.8, 4) is 23.2 Å². The quantitative estimate of drug-likeness (QED) is 0.398. The van der Waals surface area contributed by atoms with Gasteiger partial charge < -0.3 is 14.8 Å². The summed E-state index contributed by atoms with van der Waals surface area (Å²) in [7, 11) is -4.01. The molecule has 4 heterocycles. The lowest BCUT2D eigenvalue weighted by molar-refractivity contribution is -0.125. The Labute approximate surface area is 225 Å². The van der Waals surface area contributed by atoms with Crippen molar-refractivity contribution in [1.82, 2.24) is 24.9 Å².